The van der Waals surface area contributed by atoms with E-state index in [-0.39, 0.29) is 5.56 Å². The van der Waals surface area contributed by atoms with Gasteiger partial charge in [-0.05, 0) is 30.0 Å². The molecule has 0 unspecified atom stereocenters. The van der Waals surface area contributed by atoms with Gasteiger partial charge in [0.05, 0.1) is 12.2 Å². The molecule has 0 spiro atoms. The highest BCUT2D eigenvalue weighted by molar-refractivity contribution is 9.10. The summed E-state index contributed by atoms with van der Waals surface area (Å²) < 4.78 is 0.469. The lowest BCUT2D eigenvalue weighted by atomic mass is 10.1. The molecule has 1 aromatic carbocycles. The Morgan fingerprint density at radius 2 is 1.94 bits per heavy atom. The van der Waals surface area contributed by atoms with Crippen molar-refractivity contribution in [3.8, 4) is 11.3 Å². The molecule has 0 saturated heterocycles. The van der Waals surface area contributed by atoms with Gasteiger partial charge in [0.25, 0.3) is 5.56 Å². The number of halogens is 1. The summed E-state index contributed by atoms with van der Waals surface area (Å²) in [4.78, 5) is 21.1. The Labute approximate surface area is 114 Å². The van der Waals surface area contributed by atoms with Crippen molar-refractivity contribution in [3.63, 3.8) is 0 Å². The van der Waals surface area contributed by atoms with Gasteiger partial charge in [-0.2, -0.15) is 0 Å². The molecule has 0 bridgehead atoms. The van der Waals surface area contributed by atoms with E-state index in [0.717, 1.165) is 5.56 Å². The molecule has 1 aromatic heterocycles. The van der Waals surface area contributed by atoms with Gasteiger partial charge in [-0.1, -0.05) is 30.3 Å². The second kappa shape index (κ2) is 5.46. The molecule has 0 radical (unpaired) electrons. The number of hydrogen-bond donors (Lipinski definition) is 1. The molecule has 2 rings (SSSR count). The fourth-order valence-corrected chi connectivity index (χ4v) is 2.08. The van der Waals surface area contributed by atoms with E-state index in [1.807, 2.05) is 49.3 Å². The summed E-state index contributed by atoms with van der Waals surface area (Å²) in [7, 11) is 3.87. The van der Waals surface area contributed by atoms with Gasteiger partial charge in [-0.15, -0.1) is 0 Å². The van der Waals surface area contributed by atoms with E-state index in [4.69, 9.17) is 0 Å². The van der Waals surface area contributed by atoms with Crippen molar-refractivity contribution in [2.45, 2.75) is 6.54 Å². The van der Waals surface area contributed by atoms with Crippen molar-refractivity contribution in [1.82, 2.24) is 14.9 Å². The summed E-state index contributed by atoms with van der Waals surface area (Å²) >= 11 is 3.30. The van der Waals surface area contributed by atoms with Crippen LogP contribution in [0.15, 0.2) is 39.6 Å². The molecule has 0 saturated carbocycles. The third-order valence-corrected chi connectivity index (χ3v) is 3.16. The maximum Gasteiger partial charge on any atom is 0.265 e. The van der Waals surface area contributed by atoms with E-state index >= 15 is 0 Å². The predicted octanol–water partition coefficient (Wildman–Crippen LogP) is 2.26. The van der Waals surface area contributed by atoms with Gasteiger partial charge in [-0.3, -0.25) is 4.79 Å². The maximum atomic E-state index is 11.9. The molecule has 4 nitrogen and oxygen atoms in total. The Morgan fingerprint density at radius 3 is 2.56 bits per heavy atom. The van der Waals surface area contributed by atoms with Crippen LogP contribution in [0, 0.1) is 0 Å². The smallest absolute Gasteiger partial charge is 0.265 e. The van der Waals surface area contributed by atoms with Gasteiger partial charge in [0.1, 0.15) is 10.3 Å². The lowest BCUT2D eigenvalue weighted by Gasteiger charge is -2.11. The van der Waals surface area contributed by atoms with Crippen LogP contribution in [0.1, 0.15) is 5.82 Å². The fourth-order valence-electron chi connectivity index (χ4n) is 1.67. The lowest BCUT2D eigenvalue weighted by molar-refractivity contribution is 0.390. The highest BCUT2D eigenvalue weighted by atomic mass is 79.9. The topological polar surface area (TPSA) is 49.0 Å². The molecule has 0 aliphatic heterocycles. The van der Waals surface area contributed by atoms with Crippen molar-refractivity contribution in [3.05, 3.63) is 51.0 Å². The largest absolute Gasteiger partial charge is 0.308 e. The van der Waals surface area contributed by atoms with Crippen LogP contribution in [0.5, 0.6) is 0 Å². The van der Waals surface area contributed by atoms with E-state index in [1.54, 1.807) is 0 Å². The molecule has 18 heavy (non-hydrogen) atoms. The summed E-state index contributed by atoms with van der Waals surface area (Å²) in [6, 6.07) is 9.66. The summed E-state index contributed by atoms with van der Waals surface area (Å²) in [6.45, 7) is 0.600. The van der Waals surface area contributed by atoms with Gasteiger partial charge in [-0.25, -0.2) is 4.98 Å². The number of nitrogens with zero attached hydrogens (tertiary/aromatic N) is 2. The van der Waals surface area contributed by atoms with E-state index in [1.165, 1.54) is 0 Å². The van der Waals surface area contributed by atoms with E-state index < -0.39 is 0 Å². The Balaban J connectivity index is 2.53. The monoisotopic (exact) mass is 307 g/mol. The quantitative estimate of drug-likeness (QED) is 0.946. The molecule has 0 atom stereocenters. The van der Waals surface area contributed by atoms with Gasteiger partial charge in [0.15, 0.2) is 0 Å². The third kappa shape index (κ3) is 2.86. The van der Waals surface area contributed by atoms with Crippen molar-refractivity contribution in [2.75, 3.05) is 14.1 Å². The van der Waals surface area contributed by atoms with E-state index in [9.17, 15) is 4.79 Å². The van der Waals surface area contributed by atoms with Crippen LogP contribution in [0.4, 0.5) is 0 Å². The average molecular weight is 308 g/mol. The molecule has 0 amide bonds. The Morgan fingerprint density at radius 1 is 1.28 bits per heavy atom. The lowest BCUT2D eigenvalue weighted by Crippen LogP contribution is -2.19. The van der Waals surface area contributed by atoms with Crippen LogP contribution < -0.4 is 5.56 Å². The van der Waals surface area contributed by atoms with Gasteiger partial charge >= 0.3 is 0 Å². The Kier molecular flexibility index (Phi) is 3.93. The summed E-state index contributed by atoms with van der Waals surface area (Å²) in [5, 5.41) is 0. The minimum Gasteiger partial charge on any atom is -0.308 e. The standard InChI is InChI=1S/C13H14BrN3O/c1-17(2)8-10-15-12(11(14)13(18)16-10)9-6-4-3-5-7-9/h3-7H,8H2,1-2H3,(H,15,16,18). The molecule has 0 fully saturated rings. The first-order chi connectivity index (χ1) is 8.58. The highest BCUT2D eigenvalue weighted by Crippen LogP contribution is 2.22. The van der Waals surface area contributed by atoms with Crippen molar-refractivity contribution in [1.29, 1.82) is 0 Å². The summed E-state index contributed by atoms with van der Waals surface area (Å²) in [5.41, 5.74) is 1.45. The van der Waals surface area contributed by atoms with Crippen molar-refractivity contribution >= 4 is 15.9 Å². The first kappa shape index (κ1) is 13.0. The third-order valence-electron chi connectivity index (χ3n) is 2.43. The number of rotatable bonds is 3. The molecule has 0 aliphatic carbocycles. The molecule has 5 heteroatoms. The molecule has 0 aliphatic rings. The minimum atomic E-state index is -0.152. The fraction of sp³-hybridized carbons (Fsp3) is 0.231. The predicted molar refractivity (Wildman–Crippen MR) is 75.4 cm³/mol. The zero-order chi connectivity index (χ0) is 13.1. The zero-order valence-corrected chi connectivity index (χ0v) is 11.9. The number of aromatic nitrogens is 2. The van der Waals surface area contributed by atoms with Crippen LogP contribution in [0.25, 0.3) is 11.3 Å². The van der Waals surface area contributed by atoms with Crippen LogP contribution in [0.2, 0.25) is 0 Å². The number of H-pyrrole nitrogens is 1. The number of benzene rings is 1. The SMILES string of the molecule is CN(C)Cc1nc(-c2ccccc2)c(Br)c(=O)[nH]1. The van der Waals surface area contributed by atoms with Gasteiger partial charge in [0, 0.05) is 5.56 Å². The maximum absolute atomic E-state index is 11.9. The van der Waals surface area contributed by atoms with Gasteiger partial charge in [0.2, 0.25) is 0 Å². The van der Waals surface area contributed by atoms with E-state index in [2.05, 4.69) is 25.9 Å². The van der Waals surface area contributed by atoms with Crippen molar-refractivity contribution in [2.24, 2.45) is 0 Å². The second-order valence-corrected chi connectivity index (χ2v) is 5.07. The van der Waals surface area contributed by atoms with Gasteiger partial charge < -0.3 is 9.88 Å². The Bertz CT molecular complexity index is 593. The molecular formula is C13H14BrN3O. The van der Waals surface area contributed by atoms with Crippen LogP contribution >= 0.6 is 15.9 Å². The molecule has 1 heterocycles. The second-order valence-electron chi connectivity index (χ2n) is 4.28. The van der Waals surface area contributed by atoms with Crippen LogP contribution in [-0.2, 0) is 6.54 Å². The molecule has 94 valence electrons. The first-order valence-corrected chi connectivity index (χ1v) is 6.36. The molecule has 2 aromatic rings. The number of nitrogens with one attached hydrogen (secondary N) is 1. The van der Waals surface area contributed by atoms with Crippen LogP contribution in [-0.4, -0.2) is 29.0 Å². The average Bonchev–Trinajstić information content (AvgIpc) is 2.34. The summed E-state index contributed by atoms with van der Waals surface area (Å²) in [6.07, 6.45) is 0. The molecule has 1 N–H and O–H groups in total. The van der Waals surface area contributed by atoms with Crippen LogP contribution in [0.3, 0.4) is 0 Å². The number of hydrogen-bond acceptors (Lipinski definition) is 3. The van der Waals surface area contributed by atoms with Crippen molar-refractivity contribution < 1.29 is 0 Å². The normalized spacial score (nSPS) is 10.9. The molecular weight excluding hydrogens is 294 g/mol. The first-order valence-electron chi connectivity index (χ1n) is 5.57. The Hall–Kier alpha value is -1.46. The minimum absolute atomic E-state index is 0.152. The summed E-state index contributed by atoms with van der Waals surface area (Å²) in [5.74, 6) is 0.659. The highest BCUT2D eigenvalue weighted by Gasteiger charge is 2.11. The zero-order valence-electron chi connectivity index (χ0n) is 10.3. The van der Waals surface area contributed by atoms with E-state index in [0.29, 0.717) is 22.5 Å². The number of aromatic amines is 1.